The number of hydrogen-bond donors (Lipinski definition) is 2. The third kappa shape index (κ3) is 3.32. The van der Waals surface area contributed by atoms with Gasteiger partial charge in [-0.2, -0.15) is 0 Å². The van der Waals surface area contributed by atoms with Crippen LogP contribution in [0, 0.1) is 0 Å². The molecule has 22 heavy (non-hydrogen) atoms. The number of nitrogens with one attached hydrogen (secondary N) is 1. The molecule has 0 aliphatic carbocycles. The van der Waals surface area contributed by atoms with E-state index < -0.39 is 0 Å². The van der Waals surface area contributed by atoms with Crippen molar-refractivity contribution in [1.29, 1.82) is 0 Å². The van der Waals surface area contributed by atoms with E-state index in [1.54, 1.807) is 16.7 Å². The number of amides is 1. The van der Waals surface area contributed by atoms with Gasteiger partial charge in [0.05, 0.1) is 15.2 Å². The number of nitrogens with two attached hydrogens (primary N) is 1. The quantitative estimate of drug-likeness (QED) is 0.752. The molecule has 0 bridgehead atoms. The van der Waals surface area contributed by atoms with Crippen molar-refractivity contribution in [3.63, 3.8) is 0 Å². The summed E-state index contributed by atoms with van der Waals surface area (Å²) in [6.07, 6.45) is 0.707. The molecule has 0 spiro atoms. The lowest BCUT2D eigenvalue weighted by atomic mass is 10.2. The zero-order chi connectivity index (χ0) is 15.5. The van der Waals surface area contributed by atoms with Gasteiger partial charge >= 0.3 is 0 Å². The Hall–Kier alpha value is -1.83. The highest BCUT2D eigenvalue weighted by Gasteiger charge is 2.15. The van der Waals surface area contributed by atoms with Crippen molar-refractivity contribution >= 4 is 38.8 Å². The van der Waals surface area contributed by atoms with Gasteiger partial charge in [-0.15, -0.1) is 22.7 Å². The van der Waals surface area contributed by atoms with Gasteiger partial charge in [-0.25, -0.2) is 9.97 Å². The van der Waals surface area contributed by atoms with Crippen LogP contribution in [0.15, 0.2) is 29.6 Å². The van der Waals surface area contributed by atoms with Crippen molar-refractivity contribution in [1.82, 2.24) is 15.3 Å². The highest BCUT2D eigenvalue weighted by molar-refractivity contribution is 7.18. The van der Waals surface area contributed by atoms with Crippen LogP contribution < -0.4 is 11.1 Å². The Bertz CT molecular complexity index is 763. The van der Waals surface area contributed by atoms with Crippen LogP contribution in [0.3, 0.4) is 0 Å². The minimum atomic E-state index is -0.162. The molecule has 3 aromatic rings. The largest absolute Gasteiger partial charge is 0.348 e. The maximum atomic E-state index is 12.1. The van der Waals surface area contributed by atoms with E-state index in [2.05, 4.69) is 21.4 Å². The minimum Gasteiger partial charge on any atom is -0.348 e. The zero-order valence-corrected chi connectivity index (χ0v) is 13.7. The first-order chi connectivity index (χ1) is 10.7. The van der Waals surface area contributed by atoms with Crippen LogP contribution >= 0.6 is 22.7 Å². The summed E-state index contributed by atoms with van der Waals surface area (Å²) in [6.45, 7) is 2.33. The predicted molar refractivity (Wildman–Crippen MR) is 90.3 cm³/mol. The molecule has 2 aromatic heterocycles. The Morgan fingerprint density at radius 2 is 2.14 bits per heavy atom. The molecule has 0 saturated heterocycles. The lowest BCUT2D eigenvalue weighted by Crippen LogP contribution is -2.34. The van der Waals surface area contributed by atoms with Crippen molar-refractivity contribution in [2.75, 3.05) is 0 Å². The maximum Gasteiger partial charge on any atom is 0.270 e. The van der Waals surface area contributed by atoms with E-state index in [1.165, 1.54) is 16.0 Å². The normalized spacial score (nSPS) is 12.5. The molecule has 2 heterocycles. The van der Waals surface area contributed by atoms with Crippen LogP contribution in [0.5, 0.6) is 0 Å². The summed E-state index contributed by atoms with van der Waals surface area (Å²) < 4.78 is 1.17. The average Bonchev–Trinajstić information content (AvgIpc) is 3.12. The topological polar surface area (TPSA) is 80.9 Å². The zero-order valence-electron chi connectivity index (χ0n) is 12.1. The van der Waals surface area contributed by atoms with Crippen LogP contribution in [-0.4, -0.2) is 21.9 Å². The molecule has 1 atom stereocenters. The van der Waals surface area contributed by atoms with Gasteiger partial charge in [0, 0.05) is 24.4 Å². The molecular formula is C15H16N4OS2. The van der Waals surface area contributed by atoms with Gasteiger partial charge < -0.3 is 11.1 Å². The van der Waals surface area contributed by atoms with Gasteiger partial charge in [0.2, 0.25) is 0 Å². The Morgan fingerprint density at radius 3 is 2.86 bits per heavy atom. The van der Waals surface area contributed by atoms with E-state index in [-0.39, 0.29) is 11.9 Å². The van der Waals surface area contributed by atoms with Gasteiger partial charge in [0.1, 0.15) is 10.7 Å². The third-order valence-corrected chi connectivity index (χ3v) is 5.09. The summed E-state index contributed by atoms with van der Waals surface area (Å²) in [7, 11) is 0. The fourth-order valence-electron chi connectivity index (χ4n) is 2.13. The molecule has 7 heteroatoms. The number of fused-ring (bicyclic) bond motifs is 1. The molecule has 5 nitrogen and oxygen atoms in total. The van der Waals surface area contributed by atoms with Crippen LogP contribution in [0.1, 0.15) is 27.4 Å². The van der Waals surface area contributed by atoms with Crippen molar-refractivity contribution in [3.8, 4) is 0 Å². The number of hydrogen-bond acceptors (Lipinski definition) is 6. The van der Waals surface area contributed by atoms with Crippen molar-refractivity contribution in [3.05, 3.63) is 45.4 Å². The Kier molecular flexibility index (Phi) is 4.47. The van der Waals surface area contributed by atoms with Gasteiger partial charge in [-0.05, 0) is 19.1 Å². The highest BCUT2D eigenvalue weighted by Crippen LogP contribution is 2.22. The summed E-state index contributed by atoms with van der Waals surface area (Å²) in [4.78, 5) is 20.9. The molecule has 114 valence electrons. The number of thiazole rings is 2. The van der Waals surface area contributed by atoms with Crippen LogP contribution in [0.2, 0.25) is 0 Å². The molecule has 3 N–H and O–H groups in total. The first kappa shape index (κ1) is 15.1. The summed E-state index contributed by atoms with van der Waals surface area (Å²) in [6, 6.07) is 8.04. The van der Waals surface area contributed by atoms with Gasteiger partial charge in [0.25, 0.3) is 5.91 Å². The second kappa shape index (κ2) is 6.51. The monoisotopic (exact) mass is 332 g/mol. The van der Waals surface area contributed by atoms with Crippen molar-refractivity contribution < 1.29 is 4.79 Å². The summed E-state index contributed by atoms with van der Waals surface area (Å²) in [5.74, 6) is -0.162. The number of carbonyl (C=O) groups is 1. The average molecular weight is 332 g/mol. The van der Waals surface area contributed by atoms with Gasteiger partial charge in [-0.3, -0.25) is 4.79 Å². The smallest absolute Gasteiger partial charge is 0.270 e. The van der Waals surface area contributed by atoms with Crippen LogP contribution in [0.25, 0.3) is 10.2 Å². The van der Waals surface area contributed by atoms with Gasteiger partial charge in [0.15, 0.2) is 0 Å². The number of nitrogens with zero attached hydrogens (tertiary/aromatic N) is 2. The maximum absolute atomic E-state index is 12.1. The molecule has 0 fully saturated rings. The van der Waals surface area contributed by atoms with E-state index in [0.717, 1.165) is 15.5 Å². The molecule has 0 aliphatic heterocycles. The highest BCUT2D eigenvalue weighted by atomic mass is 32.1. The first-order valence-corrected chi connectivity index (χ1v) is 8.65. The number of para-hydroxylation sites is 1. The second-order valence-electron chi connectivity index (χ2n) is 4.98. The number of carbonyl (C=O) groups excluding carboxylic acids is 1. The molecule has 3 rings (SSSR count). The van der Waals surface area contributed by atoms with E-state index >= 15 is 0 Å². The predicted octanol–water partition coefficient (Wildman–Crippen LogP) is 2.57. The Balaban J connectivity index is 1.64. The van der Waals surface area contributed by atoms with Crippen molar-refractivity contribution in [2.45, 2.75) is 25.9 Å². The van der Waals surface area contributed by atoms with E-state index in [0.29, 0.717) is 18.7 Å². The molecule has 0 aliphatic rings. The summed E-state index contributed by atoms with van der Waals surface area (Å²) >= 11 is 3.07. The number of benzene rings is 1. The molecule has 0 saturated carbocycles. The van der Waals surface area contributed by atoms with Crippen LogP contribution in [-0.2, 0) is 13.0 Å². The third-order valence-electron chi connectivity index (χ3n) is 3.16. The Labute approximate surface area is 136 Å². The van der Waals surface area contributed by atoms with E-state index in [4.69, 9.17) is 5.73 Å². The van der Waals surface area contributed by atoms with E-state index in [1.807, 2.05) is 25.1 Å². The molecule has 1 unspecified atom stereocenters. The fraction of sp³-hybridized carbons (Fsp3) is 0.267. The van der Waals surface area contributed by atoms with Crippen molar-refractivity contribution in [2.24, 2.45) is 5.73 Å². The second-order valence-corrected chi connectivity index (χ2v) is 7.04. The van der Waals surface area contributed by atoms with E-state index in [9.17, 15) is 4.79 Å². The van der Waals surface area contributed by atoms with Gasteiger partial charge in [-0.1, -0.05) is 12.1 Å². The summed E-state index contributed by atoms with van der Waals surface area (Å²) in [5, 5.41) is 6.49. The molecule has 1 amide bonds. The first-order valence-electron chi connectivity index (χ1n) is 6.95. The molecular weight excluding hydrogens is 316 g/mol. The standard InChI is InChI=1S/C15H16N4OS2/c1-9(17-15(20)11-8-21-14(7-16)19-11)6-13-18-10-4-2-3-5-12(10)22-13/h2-5,8-9H,6-7,16H2,1H3,(H,17,20). The minimum absolute atomic E-state index is 0.00362. The molecule has 0 radical (unpaired) electrons. The molecule has 1 aromatic carbocycles. The Morgan fingerprint density at radius 1 is 1.32 bits per heavy atom. The lowest BCUT2D eigenvalue weighted by Gasteiger charge is -2.11. The fourth-order valence-corrected chi connectivity index (χ4v) is 3.88. The lowest BCUT2D eigenvalue weighted by molar-refractivity contribution is 0.0935. The van der Waals surface area contributed by atoms with Crippen LogP contribution in [0.4, 0.5) is 0 Å². The summed E-state index contributed by atoms with van der Waals surface area (Å²) in [5.41, 5.74) is 6.95. The number of aromatic nitrogens is 2. The SMILES string of the molecule is CC(Cc1nc2ccccc2s1)NC(=O)c1csc(CN)n1. The number of rotatable bonds is 5.